The molecule has 4 rings (SSSR count). The van der Waals surface area contributed by atoms with Gasteiger partial charge in [0.1, 0.15) is 4.87 Å². The number of rotatable bonds is 5. The van der Waals surface area contributed by atoms with Crippen LogP contribution in [-0.4, -0.2) is 46.8 Å². The number of fused-ring (bicyclic) bond motifs is 1. The highest BCUT2D eigenvalue weighted by Gasteiger charge is 2.37. The number of aromatic amines is 1. The standard InChI is InChI=1S/C21H22N2O2S2/c1-21(26,23-10-12-25-13-11-23)20(24)15-6-8-17(9-7-15)27-19-14-16-4-2-3-5-18(16)22-19/h2-9,14,22,26H,10-13H2,1H3. The van der Waals surface area contributed by atoms with Crippen molar-refractivity contribution in [2.75, 3.05) is 26.3 Å². The number of ether oxygens (including phenoxy) is 1. The van der Waals surface area contributed by atoms with E-state index in [0.717, 1.165) is 28.5 Å². The van der Waals surface area contributed by atoms with Gasteiger partial charge in [-0.3, -0.25) is 9.69 Å². The maximum absolute atomic E-state index is 13.0. The highest BCUT2D eigenvalue weighted by Crippen LogP contribution is 2.31. The zero-order chi connectivity index (χ0) is 18.9. The number of nitrogens with one attached hydrogen (secondary N) is 1. The van der Waals surface area contributed by atoms with Gasteiger partial charge in [-0.15, -0.1) is 12.6 Å². The Morgan fingerprint density at radius 2 is 1.85 bits per heavy atom. The highest BCUT2D eigenvalue weighted by atomic mass is 32.2. The van der Waals surface area contributed by atoms with Crippen LogP contribution >= 0.6 is 24.4 Å². The molecular weight excluding hydrogens is 376 g/mol. The Hall–Kier alpha value is -1.73. The Morgan fingerprint density at radius 3 is 2.56 bits per heavy atom. The van der Waals surface area contributed by atoms with Crippen molar-refractivity contribution >= 4 is 41.1 Å². The first-order chi connectivity index (χ1) is 13.0. The fourth-order valence-corrected chi connectivity index (χ4v) is 4.52. The number of H-pyrrole nitrogens is 1. The number of ketones is 1. The van der Waals surface area contributed by atoms with Gasteiger partial charge in [-0.2, -0.15) is 0 Å². The molecule has 1 fully saturated rings. The smallest absolute Gasteiger partial charge is 0.192 e. The molecule has 1 aromatic heterocycles. The van der Waals surface area contributed by atoms with E-state index < -0.39 is 4.87 Å². The number of Topliss-reactive ketones (excluding diaryl/α,β-unsaturated/α-hetero) is 1. The zero-order valence-electron chi connectivity index (χ0n) is 15.1. The number of morpholine rings is 1. The van der Waals surface area contributed by atoms with E-state index in [1.807, 2.05) is 43.3 Å². The summed E-state index contributed by atoms with van der Waals surface area (Å²) in [5.41, 5.74) is 1.81. The summed E-state index contributed by atoms with van der Waals surface area (Å²) in [5, 5.41) is 2.28. The van der Waals surface area contributed by atoms with Gasteiger partial charge in [-0.25, -0.2) is 0 Å². The van der Waals surface area contributed by atoms with Crippen molar-refractivity contribution in [3.63, 3.8) is 0 Å². The van der Waals surface area contributed by atoms with Crippen molar-refractivity contribution in [2.24, 2.45) is 0 Å². The summed E-state index contributed by atoms with van der Waals surface area (Å²) in [6.07, 6.45) is 0. The van der Waals surface area contributed by atoms with Crippen molar-refractivity contribution in [1.82, 2.24) is 9.88 Å². The predicted molar refractivity (Wildman–Crippen MR) is 113 cm³/mol. The van der Waals surface area contributed by atoms with Crippen LogP contribution in [0.5, 0.6) is 0 Å². The van der Waals surface area contributed by atoms with Gasteiger partial charge in [0.25, 0.3) is 0 Å². The third kappa shape index (κ3) is 3.94. The van der Waals surface area contributed by atoms with Crippen LogP contribution in [0.15, 0.2) is 64.5 Å². The second-order valence-electron chi connectivity index (χ2n) is 6.80. The molecule has 27 heavy (non-hydrogen) atoms. The molecule has 1 aliphatic heterocycles. The summed E-state index contributed by atoms with van der Waals surface area (Å²) in [5.74, 6) is 0.0231. The van der Waals surface area contributed by atoms with Crippen molar-refractivity contribution in [3.8, 4) is 0 Å². The first kappa shape index (κ1) is 18.6. The lowest BCUT2D eigenvalue weighted by Gasteiger charge is -2.38. The summed E-state index contributed by atoms with van der Waals surface area (Å²) in [4.78, 5) is 18.7. The molecule has 0 saturated carbocycles. The number of carbonyl (C=O) groups excluding carboxylic acids is 1. The number of thiol groups is 1. The fraction of sp³-hybridized carbons (Fsp3) is 0.286. The van der Waals surface area contributed by atoms with Gasteiger partial charge >= 0.3 is 0 Å². The monoisotopic (exact) mass is 398 g/mol. The van der Waals surface area contributed by atoms with Crippen molar-refractivity contribution in [2.45, 2.75) is 21.7 Å². The number of nitrogens with zero attached hydrogens (tertiary/aromatic N) is 1. The van der Waals surface area contributed by atoms with Crippen LogP contribution in [0.25, 0.3) is 10.9 Å². The molecule has 1 N–H and O–H groups in total. The van der Waals surface area contributed by atoms with E-state index >= 15 is 0 Å². The molecule has 6 heteroatoms. The highest BCUT2D eigenvalue weighted by molar-refractivity contribution is 7.99. The zero-order valence-corrected chi connectivity index (χ0v) is 16.9. The lowest BCUT2D eigenvalue weighted by molar-refractivity contribution is 0.0139. The van der Waals surface area contributed by atoms with Crippen molar-refractivity contribution < 1.29 is 9.53 Å². The van der Waals surface area contributed by atoms with E-state index in [-0.39, 0.29) is 5.78 Å². The van der Waals surface area contributed by atoms with Crippen LogP contribution < -0.4 is 0 Å². The largest absolute Gasteiger partial charge is 0.379 e. The van der Waals surface area contributed by atoms with E-state index in [9.17, 15) is 4.79 Å². The average Bonchev–Trinajstić information content (AvgIpc) is 3.11. The molecule has 2 heterocycles. The molecule has 1 saturated heterocycles. The third-order valence-electron chi connectivity index (χ3n) is 4.91. The number of aromatic nitrogens is 1. The molecule has 2 aromatic carbocycles. The molecule has 1 aliphatic rings. The minimum atomic E-state index is -0.824. The second kappa shape index (κ2) is 7.72. The Bertz CT molecular complexity index is 911. The molecule has 0 radical (unpaired) electrons. The van der Waals surface area contributed by atoms with Crippen LogP contribution in [-0.2, 0) is 4.74 Å². The van der Waals surface area contributed by atoms with E-state index in [1.54, 1.807) is 11.8 Å². The molecule has 4 nitrogen and oxygen atoms in total. The lowest BCUT2D eigenvalue weighted by Crippen LogP contribution is -2.52. The Morgan fingerprint density at radius 1 is 1.15 bits per heavy atom. The van der Waals surface area contributed by atoms with E-state index in [1.165, 1.54) is 5.39 Å². The first-order valence-electron chi connectivity index (χ1n) is 9.00. The van der Waals surface area contributed by atoms with Crippen LogP contribution in [0.1, 0.15) is 17.3 Å². The molecule has 1 unspecified atom stereocenters. The normalized spacial score (nSPS) is 17.7. The number of benzene rings is 2. The molecule has 1 atom stereocenters. The van der Waals surface area contributed by atoms with Crippen molar-refractivity contribution in [3.05, 3.63) is 60.2 Å². The molecule has 140 valence electrons. The topological polar surface area (TPSA) is 45.3 Å². The van der Waals surface area contributed by atoms with E-state index in [0.29, 0.717) is 18.8 Å². The quantitative estimate of drug-likeness (QED) is 0.491. The number of hydrogen-bond donors (Lipinski definition) is 2. The fourth-order valence-electron chi connectivity index (χ4n) is 3.32. The van der Waals surface area contributed by atoms with E-state index in [4.69, 9.17) is 4.74 Å². The van der Waals surface area contributed by atoms with Gasteiger partial charge in [0, 0.05) is 34.5 Å². The second-order valence-corrected chi connectivity index (χ2v) is 8.78. The Labute approximate surface area is 168 Å². The molecule has 0 aliphatic carbocycles. The van der Waals surface area contributed by atoms with Crippen LogP contribution in [0.3, 0.4) is 0 Å². The lowest BCUT2D eigenvalue weighted by atomic mass is 10.0. The van der Waals surface area contributed by atoms with Gasteiger partial charge in [-0.1, -0.05) is 42.1 Å². The van der Waals surface area contributed by atoms with Crippen LogP contribution in [0.4, 0.5) is 0 Å². The Kier molecular flexibility index (Phi) is 5.32. The molecule has 3 aromatic rings. The number of carbonyl (C=O) groups is 1. The Balaban J connectivity index is 1.48. The molecule has 0 amide bonds. The summed E-state index contributed by atoms with van der Waals surface area (Å²) in [6, 6.07) is 18.1. The first-order valence-corrected chi connectivity index (χ1v) is 10.3. The SMILES string of the molecule is CC(S)(C(=O)c1ccc(Sc2cc3ccccc3[nH]2)cc1)N1CCOCC1. The number of hydrogen-bond acceptors (Lipinski definition) is 5. The van der Waals surface area contributed by atoms with Gasteiger partial charge < -0.3 is 9.72 Å². The van der Waals surface area contributed by atoms with Gasteiger partial charge in [-0.05, 0) is 31.2 Å². The predicted octanol–water partition coefficient (Wildman–Crippen LogP) is 4.48. The summed E-state index contributed by atoms with van der Waals surface area (Å²) >= 11 is 6.34. The van der Waals surface area contributed by atoms with E-state index in [2.05, 4.69) is 40.7 Å². The average molecular weight is 399 g/mol. The van der Waals surface area contributed by atoms with Gasteiger partial charge in [0.05, 0.1) is 18.2 Å². The molecule has 0 bridgehead atoms. The minimum absolute atomic E-state index is 0.0231. The van der Waals surface area contributed by atoms with Crippen LogP contribution in [0, 0.1) is 0 Å². The maximum Gasteiger partial charge on any atom is 0.192 e. The summed E-state index contributed by atoms with van der Waals surface area (Å²) in [7, 11) is 0. The maximum atomic E-state index is 13.0. The summed E-state index contributed by atoms with van der Waals surface area (Å²) < 4.78 is 5.38. The van der Waals surface area contributed by atoms with Crippen molar-refractivity contribution in [1.29, 1.82) is 0 Å². The molecular formula is C21H22N2O2S2. The third-order valence-corrected chi connectivity index (χ3v) is 6.34. The summed E-state index contributed by atoms with van der Waals surface area (Å²) in [6.45, 7) is 4.60. The minimum Gasteiger partial charge on any atom is -0.379 e. The molecule has 0 spiro atoms. The number of para-hydroxylation sites is 1. The van der Waals surface area contributed by atoms with Crippen LogP contribution in [0.2, 0.25) is 0 Å². The van der Waals surface area contributed by atoms with Gasteiger partial charge in [0.2, 0.25) is 0 Å². The van der Waals surface area contributed by atoms with Gasteiger partial charge in [0.15, 0.2) is 5.78 Å².